The molecule has 0 atom stereocenters. The molecule has 0 heterocycles. The van der Waals surface area contributed by atoms with Gasteiger partial charge >= 0.3 is 0 Å². The average molecular weight is 273 g/mol. The molecule has 2 aromatic rings. The molecule has 2 N–H and O–H groups in total. The number of rotatable bonds is 4. The second-order valence-electron chi connectivity index (χ2n) is 4.70. The number of hydrogen-bond acceptors (Lipinski definition) is 2. The Morgan fingerprint density at radius 2 is 2.05 bits per heavy atom. The molecule has 0 unspecified atom stereocenters. The summed E-state index contributed by atoms with van der Waals surface area (Å²) in [6, 6.07) is 11.2. The van der Waals surface area contributed by atoms with Crippen molar-refractivity contribution < 1.29 is 14.3 Å². The standard InChI is InChI=1S/C16H16FNO2/c1-11-5-7-14(15(19)9-11)18-16(20)8-6-12-3-2-4-13(17)10-12/h2-5,7,9-10,19H,6,8H2,1H3,(H,18,20). The summed E-state index contributed by atoms with van der Waals surface area (Å²) in [5, 5.41) is 12.3. The summed E-state index contributed by atoms with van der Waals surface area (Å²) in [4.78, 5) is 11.8. The van der Waals surface area contributed by atoms with E-state index in [0.717, 1.165) is 11.1 Å². The predicted octanol–water partition coefficient (Wildman–Crippen LogP) is 3.41. The number of nitrogens with one attached hydrogen (secondary N) is 1. The first-order chi connectivity index (χ1) is 9.54. The van der Waals surface area contributed by atoms with Crippen LogP contribution in [0.15, 0.2) is 42.5 Å². The van der Waals surface area contributed by atoms with Crippen LogP contribution in [0.2, 0.25) is 0 Å². The van der Waals surface area contributed by atoms with E-state index < -0.39 is 0 Å². The van der Waals surface area contributed by atoms with Crippen molar-refractivity contribution in [2.45, 2.75) is 19.8 Å². The third kappa shape index (κ3) is 3.82. The highest BCUT2D eigenvalue weighted by atomic mass is 19.1. The zero-order valence-corrected chi connectivity index (χ0v) is 11.2. The number of phenolic OH excluding ortho intramolecular Hbond substituents is 1. The van der Waals surface area contributed by atoms with Crippen LogP contribution in [0.5, 0.6) is 5.75 Å². The number of aromatic hydroxyl groups is 1. The third-order valence-corrected chi connectivity index (χ3v) is 2.96. The highest BCUT2D eigenvalue weighted by molar-refractivity contribution is 5.92. The fraction of sp³-hybridized carbons (Fsp3) is 0.188. The second-order valence-corrected chi connectivity index (χ2v) is 4.70. The average Bonchev–Trinajstić information content (AvgIpc) is 2.40. The summed E-state index contributed by atoms with van der Waals surface area (Å²) in [7, 11) is 0. The van der Waals surface area contributed by atoms with Gasteiger partial charge in [-0.1, -0.05) is 18.2 Å². The minimum Gasteiger partial charge on any atom is -0.506 e. The Morgan fingerprint density at radius 3 is 2.75 bits per heavy atom. The van der Waals surface area contributed by atoms with Gasteiger partial charge in [0.1, 0.15) is 11.6 Å². The molecule has 0 bridgehead atoms. The Kier molecular flexibility index (Phi) is 4.35. The van der Waals surface area contributed by atoms with Gasteiger partial charge in [0.2, 0.25) is 5.91 Å². The number of halogens is 1. The summed E-state index contributed by atoms with van der Waals surface area (Å²) in [6.45, 7) is 1.86. The summed E-state index contributed by atoms with van der Waals surface area (Å²) < 4.78 is 13.0. The van der Waals surface area contributed by atoms with Crippen molar-refractivity contribution in [3.63, 3.8) is 0 Å². The molecule has 2 rings (SSSR count). The summed E-state index contributed by atoms with van der Waals surface area (Å²) in [5.74, 6) is -0.475. The van der Waals surface area contributed by atoms with Gasteiger partial charge in [0, 0.05) is 6.42 Å². The molecule has 0 fully saturated rings. The number of phenols is 1. The van der Waals surface area contributed by atoms with Crippen LogP contribution in [0.25, 0.3) is 0 Å². The molecular formula is C16H16FNO2. The van der Waals surface area contributed by atoms with Crippen LogP contribution < -0.4 is 5.32 Å². The van der Waals surface area contributed by atoms with Crippen molar-refractivity contribution in [3.05, 3.63) is 59.4 Å². The Labute approximate surface area is 117 Å². The van der Waals surface area contributed by atoms with E-state index in [4.69, 9.17) is 0 Å². The molecule has 0 aliphatic carbocycles. The number of hydrogen-bond donors (Lipinski definition) is 2. The van der Waals surface area contributed by atoms with E-state index in [2.05, 4.69) is 5.32 Å². The first-order valence-corrected chi connectivity index (χ1v) is 6.38. The third-order valence-electron chi connectivity index (χ3n) is 2.96. The first-order valence-electron chi connectivity index (χ1n) is 6.38. The van der Waals surface area contributed by atoms with Gasteiger partial charge in [-0.15, -0.1) is 0 Å². The van der Waals surface area contributed by atoms with Crippen LogP contribution in [-0.4, -0.2) is 11.0 Å². The van der Waals surface area contributed by atoms with Gasteiger partial charge in [-0.2, -0.15) is 0 Å². The highest BCUT2D eigenvalue weighted by Gasteiger charge is 2.07. The number of carbonyl (C=O) groups excluding carboxylic acids is 1. The van der Waals surface area contributed by atoms with E-state index in [9.17, 15) is 14.3 Å². The van der Waals surface area contributed by atoms with E-state index in [1.165, 1.54) is 12.1 Å². The molecule has 4 heteroatoms. The van der Waals surface area contributed by atoms with Crippen LogP contribution in [0, 0.1) is 12.7 Å². The Balaban J connectivity index is 1.92. The fourth-order valence-electron chi connectivity index (χ4n) is 1.91. The molecule has 0 aliphatic heterocycles. The number of anilines is 1. The maximum atomic E-state index is 13.0. The predicted molar refractivity (Wildman–Crippen MR) is 76.2 cm³/mol. The summed E-state index contributed by atoms with van der Waals surface area (Å²) in [5.41, 5.74) is 2.08. The Hall–Kier alpha value is -2.36. The number of carbonyl (C=O) groups is 1. The Bertz CT molecular complexity index is 626. The topological polar surface area (TPSA) is 49.3 Å². The highest BCUT2D eigenvalue weighted by Crippen LogP contribution is 2.24. The molecular weight excluding hydrogens is 257 g/mol. The van der Waals surface area contributed by atoms with Crippen molar-refractivity contribution in [1.29, 1.82) is 0 Å². The van der Waals surface area contributed by atoms with Crippen molar-refractivity contribution in [3.8, 4) is 5.75 Å². The van der Waals surface area contributed by atoms with E-state index in [1.54, 1.807) is 24.3 Å². The lowest BCUT2D eigenvalue weighted by Gasteiger charge is -2.08. The zero-order valence-electron chi connectivity index (χ0n) is 11.2. The molecule has 1 amide bonds. The van der Waals surface area contributed by atoms with Gasteiger partial charge in [0.25, 0.3) is 0 Å². The lowest BCUT2D eigenvalue weighted by molar-refractivity contribution is -0.116. The molecule has 3 nitrogen and oxygen atoms in total. The second kappa shape index (κ2) is 6.19. The Morgan fingerprint density at radius 1 is 1.25 bits per heavy atom. The first kappa shape index (κ1) is 14.1. The van der Waals surface area contributed by atoms with Gasteiger partial charge in [-0.3, -0.25) is 4.79 Å². The number of aryl methyl sites for hydroxylation is 2. The van der Waals surface area contributed by atoms with Gasteiger partial charge in [-0.25, -0.2) is 4.39 Å². The molecule has 104 valence electrons. The van der Waals surface area contributed by atoms with E-state index in [1.807, 2.05) is 13.0 Å². The van der Waals surface area contributed by atoms with Crippen molar-refractivity contribution in [2.75, 3.05) is 5.32 Å². The van der Waals surface area contributed by atoms with Gasteiger partial charge in [0.05, 0.1) is 5.69 Å². The molecule has 0 aliphatic rings. The van der Waals surface area contributed by atoms with Gasteiger partial charge < -0.3 is 10.4 Å². The normalized spacial score (nSPS) is 10.3. The number of benzene rings is 2. The minimum atomic E-state index is -0.306. The van der Waals surface area contributed by atoms with Crippen LogP contribution in [0.1, 0.15) is 17.5 Å². The molecule has 0 aromatic heterocycles. The lowest BCUT2D eigenvalue weighted by Crippen LogP contribution is -2.12. The molecule has 0 spiro atoms. The van der Waals surface area contributed by atoms with Gasteiger partial charge in [0.15, 0.2) is 0 Å². The van der Waals surface area contributed by atoms with Crippen LogP contribution in [0.4, 0.5) is 10.1 Å². The molecule has 0 saturated carbocycles. The maximum absolute atomic E-state index is 13.0. The SMILES string of the molecule is Cc1ccc(NC(=O)CCc2cccc(F)c2)c(O)c1. The zero-order chi connectivity index (χ0) is 14.5. The summed E-state index contributed by atoms with van der Waals surface area (Å²) >= 11 is 0. The van der Waals surface area contributed by atoms with Crippen molar-refractivity contribution >= 4 is 11.6 Å². The molecule has 20 heavy (non-hydrogen) atoms. The van der Waals surface area contributed by atoms with Crippen molar-refractivity contribution in [2.24, 2.45) is 0 Å². The smallest absolute Gasteiger partial charge is 0.224 e. The maximum Gasteiger partial charge on any atom is 0.224 e. The van der Waals surface area contributed by atoms with Gasteiger partial charge in [-0.05, 0) is 48.7 Å². The molecule has 0 saturated heterocycles. The number of amides is 1. The minimum absolute atomic E-state index is 0.0455. The molecule has 0 radical (unpaired) electrons. The van der Waals surface area contributed by atoms with Crippen LogP contribution in [-0.2, 0) is 11.2 Å². The fourth-order valence-corrected chi connectivity index (χ4v) is 1.91. The quantitative estimate of drug-likeness (QED) is 0.839. The van der Waals surface area contributed by atoms with Crippen LogP contribution >= 0.6 is 0 Å². The molecule has 2 aromatic carbocycles. The monoisotopic (exact) mass is 273 g/mol. The van der Waals surface area contributed by atoms with E-state index >= 15 is 0 Å². The van der Waals surface area contributed by atoms with E-state index in [-0.39, 0.29) is 23.9 Å². The van der Waals surface area contributed by atoms with Crippen molar-refractivity contribution in [1.82, 2.24) is 0 Å². The largest absolute Gasteiger partial charge is 0.506 e. The van der Waals surface area contributed by atoms with E-state index in [0.29, 0.717) is 12.1 Å². The lowest BCUT2D eigenvalue weighted by atomic mass is 10.1. The summed E-state index contributed by atoms with van der Waals surface area (Å²) in [6.07, 6.45) is 0.687. The van der Waals surface area contributed by atoms with Crippen LogP contribution in [0.3, 0.4) is 0 Å².